The van der Waals surface area contributed by atoms with Gasteiger partial charge in [-0.3, -0.25) is 14.2 Å². The lowest BCUT2D eigenvalue weighted by atomic mass is 10.1. The van der Waals surface area contributed by atoms with Crippen LogP contribution in [0.4, 0.5) is 5.69 Å². The fourth-order valence-corrected chi connectivity index (χ4v) is 3.75. The molecule has 11 nitrogen and oxygen atoms in total. The summed E-state index contributed by atoms with van der Waals surface area (Å²) in [6, 6.07) is 16.5. The van der Waals surface area contributed by atoms with Crippen molar-refractivity contribution in [3.63, 3.8) is 0 Å². The summed E-state index contributed by atoms with van der Waals surface area (Å²) < 4.78 is 17.3. The van der Waals surface area contributed by atoms with E-state index in [9.17, 15) is 24.3 Å². The van der Waals surface area contributed by atoms with Gasteiger partial charge in [-0.25, -0.2) is 14.6 Å². The van der Waals surface area contributed by atoms with E-state index in [1.807, 2.05) is 0 Å². The number of ether oxygens (including phenoxy) is 3. The van der Waals surface area contributed by atoms with E-state index < -0.39 is 29.5 Å². The molecule has 0 aliphatic rings. The number of amides is 1. The van der Waals surface area contributed by atoms with Crippen LogP contribution < -0.4 is 20.3 Å². The van der Waals surface area contributed by atoms with Crippen molar-refractivity contribution in [2.75, 3.05) is 19.5 Å². The third kappa shape index (κ3) is 5.16. The number of para-hydroxylation sites is 1. The molecule has 0 saturated carbocycles. The average molecular weight is 517 g/mol. The van der Waals surface area contributed by atoms with Crippen LogP contribution in [0.25, 0.3) is 10.9 Å². The summed E-state index contributed by atoms with van der Waals surface area (Å²) >= 11 is 0. The Morgan fingerprint density at radius 3 is 2.32 bits per heavy atom. The number of carbonyl (C=O) groups excluding carboxylic acids is 2. The lowest BCUT2D eigenvalue weighted by Gasteiger charge is -2.21. The van der Waals surface area contributed by atoms with E-state index in [1.54, 1.807) is 24.3 Å². The van der Waals surface area contributed by atoms with Crippen LogP contribution in [0.5, 0.6) is 11.5 Å². The van der Waals surface area contributed by atoms with Crippen molar-refractivity contribution < 1.29 is 33.7 Å². The van der Waals surface area contributed by atoms with Gasteiger partial charge in [0.05, 0.1) is 41.9 Å². The number of anilines is 1. The predicted octanol–water partition coefficient (Wildman–Crippen LogP) is 3.19. The van der Waals surface area contributed by atoms with Crippen molar-refractivity contribution in [1.29, 1.82) is 0 Å². The van der Waals surface area contributed by atoms with Gasteiger partial charge in [0, 0.05) is 7.05 Å². The topological polar surface area (TPSA) is 146 Å². The fourth-order valence-electron chi connectivity index (χ4n) is 3.75. The highest BCUT2D eigenvalue weighted by molar-refractivity contribution is 5.98. The van der Waals surface area contributed by atoms with Crippen LogP contribution in [0.2, 0.25) is 0 Å². The highest BCUT2D eigenvalue weighted by Crippen LogP contribution is 2.29. The monoisotopic (exact) mass is 517 g/mol. The van der Waals surface area contributed by atoms with Crippen molar-refractivity contribution in [2.45, 2.75) is 6.10 Å². The third-order valence-corrected chi connectivity index (χ3v) is 5.72. The zero-order chi connectivity index (χ0) is 27.4. The molecule has 3 aromatic carbocycles. The number of methoxy groups -OCH3 is 2. The summed E-state index contributed by atoms with van der Waals surface area (Å²) in [5, 5.41) is 12.2. The van der Waals surface area contributed by atoms with E-state index in [0.29, 0.717) is 10.9 Å². The number of nitrogens with zero attached hydrogens (tertiary/aromatic N) is 2. The van der Waals surface area contributed by atoms with Gasteiger partial charge in [-0.2, -0.15) is 0 Å². The molecule has 194 valence electrons. The van der Waals surface area contributed by atoms with E-state index in [1.165, 1.54) is 68.3 Å². The smallest absolute Gasteiger partial charge is 0.337 e. The van der Waals surface area contributed by atoms with Gasteiger partial charge in [0.2, 0.25) is 6.10 Å². The van der Waals surface area contributed by atoms with Crippen molar-refractivity contribution in [2.24, 2.45) is 7.05 Å². The standard InChI is InChI=1S/C27H23N3O8/c1-30-23(28-19-7-5-4-6-18(19)25(30)32)22(38-17-11-8-15(9-12-17)26(33)34)24(31)29-20-14-16(27(35)37-3)10-13-21(20)36-2/h4-14,22H,1-3H3,(H,29,31)(H,33,34). The van der Waals surface area contributed by atoms with Crippen LogP contribution in [0.1, 0.15) is 32.6 Å². The maximum absolute atomic E-state index is 13.7. The largest absolute Gasteiger partial charge is 0.495 e. The summed E-state index contributed by atoms with van der Waals surface area (Å²) in [5.41, 5.74) is 0.318. The second kappa shape index (κ2) is 10.8. The van der Waals surface area contributed by atoms with Gasteiger partial charge in [0.15, 0.2) is 5.82 Å². The summed E-state index contributed by atoms with van der Waals surface area (Å²) in [4.78, 5) is 54.5. The van der Waals surface area contributed by atoms with Crippen molar-refractivity contribution in [1.82, 2.24) is 9.55 Å². The van der Waals surface area contributed by atoms with E-state index in [2.05, 4.69) is 10.3 Å². The number of aromatic nitrogens is 2. The molecule has 0 aliphatic carbocycles. The number of carbonyl (C=O) groups is 3. The van der Waals surface area contributed by atoms with Gasteiger partial charge in [-0.05, 0) is 54.6 Å². The van der Waals surface area contributed by atoms with Crippen molar-refractivity contribution >= 4 is 34.4 Å². The summed E-state index contributed by atoms with van der Waals surface area (Å²) in [6.45, 7) is 0. The molecule has 0 saturated heterocycles. The number of aromatic carboxylic acids is 1. The number of benzene rings is 3. The molecule has 0 aliphatic heterocycles. The highest BCUT2D eigenvalue weighted by atomic mass is 16.5. The molecular formula is C27H23N3O8. The van der Waals surface area contributed by atoms with E-state index in [0.717, 1.165) is 0 Å². The number of fused-ring (bicyclic) bond motifs is 1. The van der Waals surface area contributed by atoms with Crippen LogP contribution in [0.15, 0.2) is 71.5 Å². The van der Waals surface area contributed by atoms with Gasteiger partial charge in [-0.1, -0.05) is 12.1 Å². The first-order chi connectivity index (χ1) is 18.2. The van der Waals surface area contributed by atoms with Gasteiger partial charge < -0.3 is 24.6 Å². The molecule has 0 bridgehead atoms. The average Bonchev–Trinajstić information content (AvgIpc) is 2.93. The molecule has 0 radical (unpaired) electrons. The Morgan fingerprint density at radius 2 is 1.66 bits per heavy atom. The molecule has 4 aromatic rings. The number of carboxylic acid groups (broad SMARTS) is 1. The molecule has 4 rings (SSSR count). The Hall–Kier alpha value is -5.19. The fraction of sp³-hybridized carbons (Fsp3) is 0.148. The van der Waals surface area contributed by atoms with E-state index >= 15 is 0 Å². The first-order valence-corrected chi connectivity index (χ1v) is 11.3. The molecule has 2 N–H and O–H groups in total. The number of esters is 1. The molecule has 1 unspecified atom stereocenters. The summed E-state index contributed by atoms with van der Waals surface area (Å²) in [7, 11) is 4.10. The first-order valence-electron chi connectivity index (χ1n) is 11.3. The van der Waals surface area contributed by atoms with Crippen LogP contribution in [0, 0.1) is 0 Å². The number of rotatable bonds is 8. The van der Waals surface area contributed by atoms with Gasteiger partial charge in [0.1, 0.15) is 11.5 Å². The van der Waals surface area contributed by atoms with Crippen LogP contribution in [-0.2, 0) is 16.6 Å². The number of hydrogen-bond acceptors (Lipinski definition) is 8. The molecule has 1 aromatic heterocycles. The second-order valence-electron chi connectivity index (χ2n) is 8.07. The number of hydrogen-bond donors (Lipinski definition) is 2. The Bertz CT molecular complexity index is 1590. The minimum absolute atomic E-state index is 0.00315. The molecule has 1 atom stereocenters. The molecule has 1 heterocycles. The first kappa shape index (κ1) is 25.9. The molecule has 38 heavy (non-hydrogen) atoms. The van der Waals surface area contributed by atoms with Gasteiger partial charge in [-0.15, -0.1) is 0 Å². The normalized spacial score (nSPS) is 11.4. The summed E-state index contributed by atoms with van der Waals surface area (Å²) in [5.74, 6) is -2.05. The van der Waals surface area contributed by atoms with Gasteiger partial charge in [0.25, 0.3) is 11.5 Å². The number of nitrogens with one attached hydrogen (secondary N) is 1. The van der Waals surface area contributed by atoms with Crippen molar-refractivity contribution in [3.8, 4) is 11.5 Å². The highest BCUT2D eigenvalue weighted by Gasteiger charge is 2.29. The lowest BCUT2D eigenvalue weighted by Crippen LogP contribution is -2.33. The molecule has 11 heteroatoms. The zero-order valence-corrected chi connectivity index (χ0v) is 20.6. The Morgan fingerprint density at radius 1 is 0.974 bits per heavy atom. The van der Waals surface area contributed by atoms with Crippen LogP contribution in [-0.4, -0.2) is 46.7 Å². The van der Waals surface area contributed by atoms with Crippen molar-refractivity contribution in [3.05, 3.63) is 94.0 Å². The molecule has 0 spiro atoms. The maximum atomic E-state index is 13.7. The second-order valence-corrected chi connectivity index (χ2v) is 8.07. The SMILES string of the molecule is COC(=O)c1ccc(OC)c(NC(=O)C(Oc2ccc(C(=O)O)cc2)c2nc3ccccc3c(=O)n2C)c1. The molecule has 1 amide bonds. The van der Waals surface area contributed by atoms with Gasteiger partial charge >= 0.3 is 11.9 Å². The minimum atomic E-state index is -1.46. The third-order valence-electron chi connectivity index (χ3n) is 5.72. The quantitative estimate of drug-likeness (QED) is 0.336. The predicted molar refractivity (Wildman–Crippen MR) is 137 cm³/mol. The van der Waals surface area contributed by atoms with E-state index in [4.69, 9.17) is 14.2 Å². The summed E-state index contributed by atoms with van der Waals surface area (Å²) in [6.07, 6.45) is -1.46. The Kier molecular flexibility index (Phi) is 7.38. The lowest BCUT2D eigenvalue weighted by molar-refractivity contribution is -0.123. The molecular weight excluding hydrogens is 494 g/mol. The Labute approximate surface area is 216 Å². The Balaban J connectivity index is 1.80. The minimum Gasteiger partial charge on any atom is -0.495 e. The number of carboxylic acids is 1. The van der Waals surface area contributed by atoms with Crippen LogP contribution >= 0.6 is 0 Å². The van der Waals surface area contributed by atoms with Crippen LogP contribution in [0.3, 0.4) is 0 Å². The maximum Gasteiger partial charge on any atom is 0.337 e. The molecule has 0 fully saturated rings. The van der Waals surface area contributed by atoms with E-state index in [-0.39, 0.29) is 34.1 Å². The zero-order valence-electron chi connectivity index (χ0n) is 20.6.